The van der Waals surface area contributed by atoms with E-state index < -0.39 is 11.9 Å². The van der Waals surface area contributed by atoms with Gasteiger partial charge in [0.25, 0.3) is 5.91 Å². The van der Waals surface area contributed by atoms with Gasteiger partial charge in [-0.05, 0) is 58.4 Å². The number of esters is 1. The highest BCUT2D eigenvalue weighted by Crippen LogP contribution is 2.39. The second kappa shape index (κ2) is 12.6. The lowest BCUT2D eigenvalue weighted by atomic mass is 10.0. The molecule has 0 aliphatic carbocycles. The Bertz CT molecular complexity index is 1870. The highest BCUT2D eigenvalue weighted by Gasteiger charge is 2.22. The zero-order valence-electron chi connectivity index (χ0n) is 20.4. The fourth-order valence-corrected chi connectivity index (χ4v) is 6.38. The quantitative estimate of drug-likeness (QED) is 0.0784. The summed E-state index contributed by atoms with van der Waals surface area (Å²) in [5.41, 5.74) is 5.09. The maximum atomic E-state index is 13.4. The van der Waals surface area contributed by atoms with Crippen LogP contribution in [-0.4, -0.2) is 23.1 Å². The molecule has 0 saturated heterocycles. The van der Waals surface area contributed by atoms with Gasteiger partial charge < -0.3 is 9.72 Å². The van der Waals surface area contributed by atoms with Crippen LogP contribution >= 0.6 is 78.3 Å². The van der Waals surface area contributed by atoms with E-state index >= 15 is 0 Å². The lowest BCUT2D eigenvalue weighted by Gasteiger charge is -2.11. The highest BCUT2D eigenvalue weighted by molar-refractivity contribution is 9.11. The summed E-state index contributed by atoms with van der Waals surface area (Å²) in [6.07, 6.45) is 1.35. The summed E-state index contributed by atoms with van der Waals surface area (Å²) in [4.78, 5) is 29.4. The molecule has 5 rings (SSSR count). The molecule has 41 heavy (non-hydrogen) atoms. The highest BCUT2D eigenvalue weighted by atomic mass is 79.9. The first-order valence-electron chi connectivity index (χ1n) is 11.7. The Morgan fingerprint density at radius 3 is 2.39 bits per heavy atom. The van der Waals surface area contributed by atoms with Crippen molar-refractivity contribution in [2.75, 3.05) is 0 Å². The number of fused-ring (bicyclic) bond motifs is 1. The summed E-state index contributed by atoms with van der Waals surface area (Å²) in [5, 5.41) is 6.31. The van der Waals surface area contributed by atoms with Crippen LogP contribution in [0.15, 0.2) is 86.8 Å². The minimum Gasteiger partial charge on any atom is -0.421 e. The molecule has 0 aliphatic rings. The number of hydrazone groups is 1. The summed E-state index contributed by atoms with van der Waals surface area (Å²) in [6, 6.07) is 20.4. The number of halogens is 6. The molecule has 5 aromatic rings. The molecule has 1 heterocycles. The Morgan fingerprint density at radius 1 is 0.878 bits per heavy atom. The standard InChI is InChI=1S/C29H15Br2Cl4N3O3/c30-15-10-14(27(20(31)11-15)41-29(40)18-9-8-16(32)12-23(18)35)13-36-38-28(39)26-24(17-4-1-2-6-21(17)33)19-5-3-7-22(34)25(19)37-26/h1-13,37H,(H,38,39). The van der Waals surface area contributed by atoms with Crippen LogP contribution in [0.2, 0.25) is 20.1 Å². The van der Waals surface area contributed by atoms with Gasteiger partial charge in [-0.3, -0.25) is 4.79 Å². The molecular formula is C29H15Br2Cl4N3O3. The van der Waals surface area contributed by atoms with Crippen LogP contribution in [0.5, 0.6) is 5.75 Å². The van der Waals surface area contributed by atoms with E-state index in [-0.39, 0.29) is 22.0 Å². The first kappa shape index (κ1) is 29.6. The number of carbonyl (C=O) groups excluding carboxylic acids is 2. The van der Waals surface area contributed by atoms with E-state index in [1.165, 1.54) is 24.4 Å². The SMILES string of the molecule is O=C(Oc1c(Br)cc(Br)cc1C=NNC(=O)c1[nH]c2c(Cl)cccc2c1-c1ccccc1Cl)c1ccc(Cl)cc1Cl. The number of carbonyl (C=O) groups is 2. The smallest absolute Gasteiger partial charge is 0.345 e. The van der Waals surface area contributed by atoms with Gasteiger partial charge in [0.05, 0.1) is 31.8 Å². The molecule has 1 aromatic heterocycles. The third kappa shape index (κ3) is 6.33. The summed E-state index contributed by atoms with van der Waals surface area (Å²) in [6.45, 7) is 0. The van der Waals surface area contributed by atoms with Crippen molar-refractivity contribution >= 4 is 107 Å². The number of amides is 1. The topological polar surface area (TPSA) is 83.5 Å². The molecule has 0 fully saturated rings. The van der Waals surface area contributed by atoms with Gasteiger partial charge in [-0.2, -0.15) is 5.10 Å². The van der Waals surface area contributed by atoms with Crippen LogP contribution in [-0.2, 0) is 0 Å². The summed E-state index contributed by atoms with van der Waals surface area (Å²) in [5.74, 6) is -1.08. The maximum Gasteiger partial charge on any atom is 0.345 e. The molecule has 0 unspecified atom stereocenters. The fourth-order valence-electron chi connectivity index (χ4n) is 4.10. The number of rotatable bonds is 6. The van der Waals surface area contributed by atoms with Crippen LogP contribution < -0.4 is 10.2 Å². The van der Waals surface area contributed by atoms with Crippen LogP contribution in [0.25, 0.3) is 22.0 Å². The normalized spacial score (nSPS) is 11.3. The predicted molar refractivity (Wildman–Crippen MR) is 172 cm³/mol. The van der Waals surface area contributed by atoms with Crippen molar-refractivity contribution in [1.29, 1.82) is 0 Å². The predicted octanol–water partition coefficient (Wildman–Crippen LogP) is 9.96. The first-order chi connectivity index (χ1) is 19.6. The number of hydrogen-bond donors (Lipinski definition) is 2. The summed E-state index contributed by atoms with van der Waals surface area (Å²) in [7, 11) is 0. The van der Waals surface area contributed by atoms with Crippen molar-refractivity contribution in [3.05, 3.63) is 119 Å². The van der Waals surface area contributed by atoms with Gasteiger partial charge in [0, 0.05) is 36.6 Å². The van der Waals surface area contributed by atoms with E-state index in [2.05, 4.69) is 47.4 Å². The molecule has 4 aromatic carbocycles. The average molecular weight is 755 g/mol. The molecular weight excluding hydrogens is 740 g/mol. The Kier molecular flexibility index (Phi) is 9.09. The monoisotopic (exact) mass is 751 g/mol. The average Bonchev–Trinajstić information content (AvgIpc) is 3.31. The van der Waals surface area contributed by atoms with Crippen LogP contribution in [0.1, 0.15) is 26.4 Å². The fraction of sp³-hybridized carbons (Fsp3) is 0. The first-order valence-corrected chi connectivity index (χ1v) is 14.8. The van der Waals surface area contributed by atoms with E-state index in [0.717, 1.165) is 5.39 Å². The maximum absolute atomic E-state index is 13.4. The number of nitrogens with one attached hydrogen (secondary N) is 2. The zero-order chi connectivity index (χ0) is 29.3. The van der Waals surface area contributed by atoms with E-state index in [4.69, 9.17) is 51.1 Å². The largest absolute Gasteiger partial charge is 0.421 e. The zero-order valence-corrected chi connectivity index (χ0v) is 26.6. The van der Waals surface area contributed by atoms with Gasteiger partial charge in [-0.25, -0.2) is 10.2 Å². The molecule has 12 heteroatoms. The lowest BCUT2D eigenvalue weighted by Crippen LogP contribution is -2.19. The second-order valence-electron chi connectivity index (χ2n) is 8.54. The third-order valence-electron chi connectivity index (χ3n) is 5.91. The number of benzene rings is 4. The summed E-state index contributed by atoms with van der Waals surface area (Å²) >= 11 is 31.9. The molecule has 0 bridgehead atoms. The Labute approximate surface area is 270 Å². The minimum atomic E-state index is -0.701. The minimum absolute atomic E-state index is 0.131. The van der Waals surface area contributed by atoms with E-state index in [0.29, 0.717) is 46.2 Å². The van der Waals surface area contributed by atoms with E-state index in [9.17, 15) is 9.59 Å². The van der Waals surface area contributed by atoms with Gasteiger partial charge in [-0.1, -0.05) is 92.7 Å². The number of H-pyrrole nitrogens is 1. The van der Waals surface area contributed by atoms with Crippen molar-refractivity contribution in [3.63, 3.8) is 0 Å². The summed E-state index contributed by atoms with van der Waals surface area (Å²) < 4.78 is 6.79. The van der Waals surface area contributed by atoms with Crippen LogP contribution in [0, 0.1) is 0 Å². The van der Waals surface area contributed by atoms with Crippen molar-refractivity contribution in [2.24, 2.45) is 5.10 Å². The molecule has 1 amide bonds. The number of aromatic amines is 1. The number of aromatic nitrogens is 1. The third-order valence-corrected chi connectivity index (χ3v) is 8.15. The molecule has 206 valence electrons. The number of para-hydroxylation sites is 1. The van der Waals surface area contributed by atoms with Gasteiger partial charge in [0.15, 0.2) is 5.75 Å². The Morgan fingerprint density at radius 2 is 1.63 bits per heavy atom. The van der Waals surface area contributed by atoms with E-state index in [1.54, 1.807) is 36.4 Å². The van der Waals surface area contributed by atoms with Crippen molar-refractivity contribution in [1.82, 2.24) is 10.4 Å². The Hall–Kier alpha value is -2.85. The Balaban J connectivity index is 1.46. The number of ether oxygens (including phenoxy) is 1. The molecule has 0 spiro atoms. The van der Waals surface area contributed by atoms with Crippen molar-refractivity contribution in [3.8, 4) is 16.9 Å². The van der Waals surface area contributed by atoms with Gasteiger partial charge in [0.1, 0.15) is 5.69 Å². The van der Waals surface area contributed by atoms with Crippen LogP contribution in [0.4, 0.5) is 0 Å². The van der Waals surface area contributed by atoms with Gasteiger partial charge >= 0.3 is 5.97 Å². The van der Waals surface area contributed by atoms with Gasteiger partial charge in [-0.15, -0.1) is 0 Å². The van der Waals surface area contributed by atoms with Crippen molar-refractivity contribution < 1.29 is 14.3 Å². The molecule has 0 atom stereocenters. The lowest BCUT2D eigenvalue weighted by molar-refractivity contribution is 0.0733. The number of nitrogens with zero attached hydrogens (tertiary/aromatic N) is 1. The second-order valence-corrected chi connectivity index (χ2v) is 12.0. The van der Waals surface area contributed by atoms with Crippen LogP contribution in [0.3, 0.4) is 0 Å². The molecule has 0 saturated carbocycles. The number of hydrogen-bond acceptors (Lipinski definition) is 4. The van der Waals surface area contributed by atoms with E-state index in [1.807, 2.05) is 18.2 Å². The molecule has 6 nitrogen and oxygen atoms in total. The van der Waals surface area contributed by atoms with Crippen molar-refractivity contribution in [2.45, 2.75) is 0 Å². The molecule has 0 aliphatic heterocycles. The van der Waals surface area contributed by atoms with Gasteiger partial charge in [0.2, 0.25) is 0 Å². The molecule has 0 radical (unpaired) electrons. The molecule has 2 N–H and O–H groups in total.